The maximum Gasteiger partial charge on any atom is 0.262 e. The molecule has 1 amide bonds. The predicted molar refractivity (Wildman–Crippen MR) is 93.2 cm³/mol. The average Bonchev–Trinajstić information content (AvgIpc) is 2.66. The van der Waals surface area contributed by atoms with E-state index >= 15 is 0 Å². The van der Waals surface area contributed by atoms with Crippen LogP contribution in [0.1, 0.15) is 0 Å². The third kappa shape index (κ3) is 4.47. The molecule has 2 rings (SSSR count). The molecule has 0 aliphatic heterocycles. The first kappa shape index (κ1) is 18.3. The second-order valence-electron chi connectivity index (χ2n) is 4.89. The van der Waals surface area contributed by atoms with Crippen LogP contribution in [-0.2, 0) is 4.79 Å². The Hall–Kier alpha value is -3.09. The molecule has 0 radical (unpaired) electrons. The third-order valence-electron chi connectivity index (χ3n) is 3.41. The molecule has 0 spiro atoms. The molecule has 0 aromatic heterocycles. The number of amides is 1. The number of benzene rings is 2. The lowest BCUT2D eigenvalue weighted by molar-refractivity contribution is -0.118. The first-order chi connectivity index (χ1) is 12.1. The van der Waals surface area contributed by atoms with Crippen molar-refractivity contribution in [1.82, 2.24) is 0 Å². The van der Waals surface area contributed by atoms with Crippen molar-refractivity contribution in [1.29, 1.82) is 0 Å². The molecule has 0 atom stereocenters. The zero-order valence-corrected chi connectivity index (χ0v) is 14.6. The zero-order valence-electron chi connectivity index (χ0n) is 14.6. The van der Waals surface area contributed by atoms with Gasteiger partial charge in [0.2, 0.25) is 5.75 Å². The van der Waals surface area contributed by atoms with Crippen LogP contribution >= 0.6 is 0 Å². The Bertz CT molecular complexity index is 709. The van der Waals surface area contributed by atoms with Gasteiger partial charge in [-0.2, -0.15) is 0 Å². The number of ether oxygens (including phenoxy) is 5. The van der Waals surface area contributed by atoms with Crippen LogP contribution in [0.4, 0.5) is 5.69 Å². The van der Waals surface area contributed by atoms with E-state index in [2.05, 4.69) is 5.32 Å². The molecule has 0 saturated heterocycles. The minimum atomic E-state index is -0.351. The summed E-state index contributed by atoms with van der Waals surface area (Å²) in [6, 6.07) is 10.3. The van der Waals surface area contributed by atoms with Crippen molar-refractivity contribution in [2.24, 2.45) is 0 Å². The number of anilines is 1. The number of hydrogen-bond donors (Lipinski definition) is 1. The highest BCUT2D eigenvalue weighted by Gasteiger charge is 2.14. The lowest BCUT2D eigenvalue weighted by Crippen LogP contribution is -2.21. The van der Waals surface area contributed by atoms with Crippen molar-refractivity contribution < 1.29 is 28.5 Å². The Morgan fingerprint density at radius 3 is 2.08 bits per heavy atom. The van der Waals surface area contributed by atoms with Crippen LogP contribution in [0.5, 0.6) is 28.7 Å². The van der Waals surface area contributed by atoms with E-state index in [4.69, 9.17) is 23.7 Å². The summed E-state index contributed by atoms with van der Waals surface area (Å²) in [6.07, 6.45) is 0. The summed E-state index contributed by atoms with van der Waals surface area (Å²) < 4.78 is 26.4. The van der Waals surface area contributed by atoms with Gasteiger partial charge in [-0.25, -0.2) is 0 Å². The fourth-order valence-electron chi connectivity index (χ4n) is 2.19. The van der Waals surface area contributed by atoms with Crippen molar-refractivity contribution in [3.8, 4) is 28.7 Å². The summed E-state index contributed by atoms with van der Waals surface area (Å²) in [5.41, 5.74) is 0.517. The summed E-state index contributed by atoms with van der Waals surface area (Å²) in [6.45, 7) is -0.216. The van der Waals surface area contributed by atoms with Crippen molar-refractivity contribution in [2.75, 3.05) is 40.4 Å². The summed E-state index contributed by atoms with van der Waals surface area (Å²) >= 11 is 0. The standard InChI is InChI=1S/C18H21NO6/c1-21-12-8-9-13(16(10-12)24-4)19-17(20)11-25-18-14(22-2)6-5-7-15(18)23-3/h5-10H,11H2,1-4H3,(H,19,20). The number of nitrogens with one attached hydrogen (secondary N) is 1. The Labute approximate surface area is 146 Å². The van der Waals surface area contributed by atoms with Gasteiger partial charge in [-0.15, -0.1) is 0 Å². The summed E-state index contributed by atoms with van der Waals surface area (Å²) in [5, 5.41) is 2.73. The van der Waals surface area contributed by atoms with Gasteiger partial charge in [0.05, 0.1) is 34.1 Å². The molecule has 0 fully saturated rings. The SMILES string of the molecule is COc1ccc(NC(=O)COc2c(OC)cccc2OC)c(OC)c1. The molecule has 2 aromatic carbocycles. The Kier molecular flexibility index (Phi) is 6.33. The number of carbonyl (C=O) groups is 1. The van der Waals surface area contributed by atoms with E-state index in [-0.39, 0.29) is 12.5 Å². The zero-order chi connectivity index (χ0) is 18.2. The number of rotatable bonds is 8. The Morgan fingerprint density at radius 1 is 0.880 bits per heavy atom. The highest BCUT2D eigenvalue weighted by molar-refractivity contribution is 5.93. The van der Waals surface area contributed by atoms with Crippen LogP contribution in [0, 0.1) is 0 Å². The number of carbonyl (C=O) groups excluding carboxylic acids is 1. The van der Waals surface area contributed by atoms with Crippen LogP contribution < -0.4 is 29.0 Å². The van der Waals surface area contributed by atoms with E-state index in [0.717, 1.165) is 0 Å². The summed E-state index contributed by atoms with van der Waals surface area (Å²) in [5.74, 6) is 2.09. The fraction of sp³-hybridized carbons (Fsp3) is 0.278. The van der Waals surface area contributed by atoms with Crippen LogP contribution in [0.25, 0.3) is 0 Å². The minimum Gasteiger partial charge on any atom is -0.497 e. The second-order valence-corrected chi connectivity index (χ2v) is 4.89. The molecule has 1 N–H and O–H groups in total. The number of hydrogen-bond acceptors (Lipinski definition) is 6. The number of methoxy groups -OCH3 is 4. The molecular formula is C18H21NO6. The van der Waals surface area contributed by atoms with Crippen LogP contribution in [0.15, 0.2) is 36.4 Å². The van der Waals surface area contributed by atoms with Crippen molar-refractivity contribution in [3.63, 3.8) is 0 Å². The fourth-order valence-corrected chi connectivity index (χ4v) is 2.19. The quantitative estimate of drug-likeness (QED) is 0.791. The molecule has 0 bridgehead atoms. The van der Waals surface area contributed by atoms with Crippen LogP contribution in [0.2, 0.25) is 0 Å². The van der Waals surface area contributed by atoms with Gasteiger partial charge >= 0.3 is 0 Å². The summed E-state index contributed by atoms with van der Waals surface area (Å²) in [7, 11) is 6.11. The van der Waals surface area contributed by atoms with E-state index in [1.807, 2.05) is 0 Å². The minimum absolute atomic E-state index is 0.216. The first-order valence-electron chi connectivity index (χ1n) is 7.48. The van der Waals surface area contributed by atoms with Gasteiger partial charge in [0.25, 0.3) is 5.91 Å². The maximum atomic E-state index is 12.2. The van der Waals surface area contributed by atoms with Crippen molar-refractivity contribution in [2.45, 2.75) is 0 Å². The van der Waals surface area contributed by atoms with Crippen LogP contribution in [0.3, 0.4) is 0 Å². The topological polar surface area (TPSA) is 75.3 Å². The van der Waals surface area contributed by atoms with E-state index in [1.165, 1.54) is 21.3 Å². The van der Waals surface area contributed by atoms with E-state index in [1.54, 1.807) is 43.5 Å². The molecule has 2 aromatic rings. The molecule has 25 heavy (non-hydrogen) atoms. The third-order valence-corrected chi connectivity index (χ3v) is 3.41. The molecule has 134 valence electrons. The largest absolute Gasteiger partial charge is 0.497 e. The van der Waals surface area contributed by atoms with E-state index in [9.17, 15) is 4.79 Å². The average molecular weight is 347 g/mol. The Balaban J connectivity index is 2.07. The predicted octanol–water partition coefficient (Wildman–Crippen LogP) is 2.74. The van der Waals surface area contributed by atoms with Gasteiger partial charge in [-0.3, -0.25) is 4.79 Å². The lowest BCUT2D eigenvalue weighted by atomic mass is 10.2. The number of para-hydroxylation sites is 1. The molecule has 0 heterocycles. The van der Waals surface area contributed by atoms with Crippen LogP contribution in [-0.4, -0.2) is 41.0 Å². The maximum absolute atomic E-state index is 12.2. The van der Waals surface area contributed by atoms with Gasteiger partial charge in [0.15, 0.2) is 18.1 Å². The van der Waals surface area contributed by atoms with Gasteiger partial charge in [-0.05, 0) is 24.3 Å². The Morgan fingerprint density at radius 2 is 1.52 bits per heavy atom. The van der Waals surface area contributed by atoms with Crippen molar-refractivity contribution >= 4 is 11.6 Å². The molecule has 0 aliphatic rings. The van der Waals surface area contributed by atoms with Gasteiger partial charge in [-0.1, -0.05) is 6.07 Å². The van der Waals surface area contributed by atoms with Gasteiger partial charge in [0.1, 0.15) is 11.5 Å². The molecule has 0 unspecified atom stereocenters. The van der Waals surface area contributed by atoms with Crippen molar-refractivity contribution in [3.05, 3.63) is 36.4 Å². The monoisotopic (exact) mass is 347 g/mol. The first-order valence-corrected chi connectivity index (χ1v) is 7.48. The second kappa shape index (κ2) is 8.68. The molecular weight excluding hydrogens is 326 g/mol. The molecule has 7 heteroatoms. The van der Waals surface area contributed by atoms with Gasteiger partial charge < -0.3 is 29.0 Å². The molecule has 7 nitrogen and oxygen atoms in total. The van der Waals surface area contributed by atoms with E-state index < -0.39 is 0 Å². The van der Waals surface area contributed by atoms with Gasteiger partial charge in [0, 0.05) is 6.07 Å². The highest BCUT2D eigenvalue weighted by Crippen LogP contribution is 2.36. The summed E-state index contributed by atoms with van der Waals surface area (Å²) in [4.78, 5) is 12.2. The smallest absolute Gasteiger partial charge is 0.262 e. The highest BCUT2D eigenvalue weighted by atomic mass is 16.5. The lowest BCUT2D eigenvalue weighted by Gasteiger charge is -2.15. The molecule has 0 saturated carbocycles. The molecule has 0 aliphatic carbocycles. The van der Waals surface area contributed by atoms with E-state index in [0.29, 0.717) is 34.4 Å². The normalized spacial score (nSPS) is 9.92.